The Labute approximate surface area is 359 Å². The molecule has 2 aliphatic rings. The third-order valence-corrected chi connectivity index (χ3v) is 10.6. The Morgan fingerprint density at radius 3 is 2.04 bits per heavy atom. The smallest absolute Gasteiger partial charge is 3.00 e. The van der Waals surface area contributed by atoms with Gasteiger partial charge in [-0.15, -0.1) is 29.2 Å². The predicted octanol–water partition coefficient (Wildman–Crippen LogP) is 9.62. The Morgan fingerprint density at radius 1 is 0.667 bits per heavy atom. The Bertz CT molecular complexity index is 2870. The van der Waals surface area contributed by atoms with E-state index in [1.165, 1.54) is 28.9 Å². The molecule has 4 heterocycles. The molecule has 2 aromatic heterocycles. The summed E-state index contributed by atoms with van der Waals surface area (Å²) in [5.74, 6) is 6.51. The van der Waals surface area contributed by atoms with Gasteiger partial charge in [0.2, 0.25) is 6.71 Å². The Balaban J connectivity index is 0.000000219. The number of ether oxygens (including phenoxy) is 2. The van der Waals surface area contributed by atoms with Crippen LogP contribution in [0.5, 0.6) is 23.0 Å². The quantitative estimate of drug-likeness (QED) is 0.0982. The van der Waals surface area contributed by atoms with Gasteiger partial charge >= 0.3 is 113 Å². The number of imidazole rings is 1. The van der Waals surface area contributed by atoms with Gasteiger partial charge in [-0.05, 0) is 58.8 Å². The number of rotatable bonds is 5. The summed E-state index contributed by atoms with van der Waals surface area (Å²) in [5, 5.41) is 0. The number of benzene rings is 6. The molecule has 0 amide bonds. The second-order valence-corrected chi connectivity index (χ2v) is 14.9. The molecular weight excluding hydrogens is 874 g/mol. The molecule has 57 heavy (non-hydrogen) atoms. The van der Waals surface area contributed by atoms with Gasteiger partial charge in [0, 0.05) is 16.9 Å². The maximum Gasteiger partial charge on any atom is 3.00 e. The van der Waals surface area contributed by atoms with Gasteiger partial charge in [-0.25, -0.2) is 0 Å². The van der Waals surface area contributed by atoms with E-state index in [2.05, 4.69) is 105 Å². The third kappa shape index (κ3) is 7.09. The van der Waals surface area contributed by atoms with Crippen LogP contribution in [0.15, 0.2) is 133 Å². The first-order chi connectivity index (χ1) is 29.7. The van der Waals surface area contributed by atoms with E-state index in [0.717, 1.165) is 72.8 Å². The van der Waals surface area contributed by atoms with Crippen molar-refractivity contribution in [1.29, 1.82) is 0 Å². The molecule has 4 nitrogen and oxygen atoms in total. The molecule has 0 bridgehead atoms. The van der Waals surface area contributed by atoms with E-state index in [1.54, 1.807) is 31.1 Å². The minimum atomic E-state index is -2.14. The van der Waals surface area contributed by atoms with Crippen LogP contribution in [0.2, 0.25) is 0 Å². The monoisotopic (exact) mass is 923 g/mol. The number of aryl methyl sites for hydroxylation is 2. The summed E-state index contributed by atoms with van der Waals surface area (Å²) < 4.78 is 59.0. The number of hydrogen-bond donors (Lipinski definition) is 0. The van der Waals surface area contributed by atoms with Crippen LogP contribution in [-0.2, 0) is 20.1 Å². The predicted molar refractivity (Wildman–Crippen MR) is 230 cm³/mol. The fourth-order valence-electron chi connectivity index (χ4n) is 7.91. The second kappa shape index (κ2) is 15.8. The molecule has 0 saturated carbocycles. The fraction of sp³-hybridized carbons (Fsp3) is 0.160. The van der Waals surface area contributed by atoms with Crippen molar-refractivity contribution in [2.45, 2.75) is 53.2 Å². The van der Waals surface area contributed by atoms with Crippen molar-refractivity contribution in [3.8, 4) is 51.1 Å². The van der Waals surface area contributed by atoms with Gasteiger partial charge in [-0.1, -0.05) is 82.3 Å². The van der Waals surface area contributed by atoms with Gasteiger partial charge in [-0.3, -0.25) is 4.98 Å². The number of para-hydroxylation sites is 4. The molecule has 8 aromatic rings. The first-order valence-corrected chi connectivity index (χ1v) is 19.0. The van der Waals surface area contributed by atoms with Crippen LogP contribution in [0.3, 0.4) is 0 Å². The number of aromatic nitrogens is 2. The van der Waals surface area contributed by atoms with E-state index in [9.17, 15) is 0 Å². The van der Waals surface area contributed by atoms with Crippen LogP contribution in [0.4, 0.5) is 0 Å². The van der Waals surface area contributed by atoms with E-state index >= 15 is 0 Å². The Kier molecular flexibility index (Phi) is 8.76. The summed E-state index contributed by atoms with van der Waals surface area (Å²) in [4.78, 5) is 5.25. The Hall–Kier alpha value is -5.48. The van der Waals surface area contributed by atoms with Crippen molar-refractivity contribution in [2.24, 2.45) is 0 Å². The summed E-state index contributed by atoms with van der Waals surface area (Å²) >= 11 is 0. The molecule has 2 aliphatic heterocycles. The molecule has 278 valence electrons. The molecular formula is C50H42B2IrN2O2+. The topological polar surface area (TPSA) is 36.4 Å². The van der Waals surface area contributed by atoms with Gasteiger partial charge in [-0.2, -0.15) is 0 Å². The van der Waals surface area contributed by atoms with Crippen LogP contribution in [0, 0.1) is 25.8 Å². The Morgan fingerprint density at radius 2 is 1.33 bits per heavy atom. The van der Waals surface area contributed by atoms with Crippen LogP contribution < -0.4 is 35.4 Å². The van der Waals surface area contributed by atoms with Crippen molar-refractivity contribution in [2.75, 3.05) is 0 Å². The van der Waals surface area contributed by atoms with Crippen LogP contribution in [0.25, 0.3) is 39.1 Å². The minimum Gasteiger partial charge on any atom is 3.00 e. The summed E-state index contributed by atoms with van der Waals surface area (Å²) in [6.45, 7) is 6.49. The van der Waals surface area contributed by atoms with E-state index in [1.807, 2.05) is 36.4 Å². The van der Waals surface area contributed by atoms with Gasteiger partial charge in [0.15, 0.2) is 0 Å². The third-order valence-electron chi connectivity index (χ3n) is 10.6. The second-order valence-electron chi connectivity index (χ2n) is 14.9. The average Bonchev–Trinajstić information content (AvgIpc) is 3.65. The molecule has 6 aromatic carbocycles. The molecule has 0 atom stereocenters. The zero-order valence-electron chi connectivity index (χ0n) is 38.1. The molecule has 0 N–H and O–H groups in total. The standard InChI is InChI=1S/C37H30BN2O2.C13H12B.Ir/c1-22(2)25-11-9-12-26(23(3)4)36(25)40-30-15-7-6-14-29(30)39-37(40)24-19-20-32-28(21-24)38-27-13-5-8-16-31(27)41-33-17-10-18-34(42-32)35(33)38;1-10-3-6-12(7-4-10)13-8-5-11(2)9-14-13;/h5-18,20-23H,1-4H3;3-6,8-9H,1-2H3;/q2*-1;+3/i;1D3,2D3;. The molecule has 0 saturated heterocycles. The van der Waals surface area contributed by atoms with E-state index in [4.69, 9.17) is 22.7 Å². The zero-order valence-corrected chi connectivity index (χ0v) is 34.5. The van der Waals surface area contributed by atoms with E-state index < -0.39 is 13.7 Å². The number of fused-ring (bicyclic) bond motifs is 5. The van der Waals surface area contributed by atoms with Crippen LogP contribution in [0.1, 0.15) is 70.0 Å². The van der Waals surface area contributed by atoms with Crippen molar-refractivity contribution >= 4 is 41.0 Å². The van der Waals surface area contributed by atoms with Gasteiger partial charge in [0.1, 0.15) is 17.2 Å². The number of hydrogen-bond acceptors (Lipinski definition) is 2. The van der Waals surface area contributed by atoms with Crippen molar-refractivity contribution in [3.63, 3.8) is 0 Å². The molecule has 0 radical (unpaired) electrons. The van der Waals surface area contributed by atoms with Gasteiger partial charge in [0.05, 0.1) is 16.9 Å². The average molecular weight is 923 g/mol. The van der Waals surface area contributed by atoms with Crippen molar-refractivity contribution < 1.29 is 42.4 Å². The molecule has 7 heteroatoms. The van der Waals surface area contributed by atoms with Crippen LogP contribution in [-0.4, -0.2) is 13.6 Å². The summed E-state index contributed by atoms with van der Waals surface area (Å²) in [6.07, 6.45) is 0. The van der Waals surface area contributed by atoms with Crippen molar-refractivity contribution in [1.82, 2.24) is 4.98 Å². The summed E-state index contributed by atoms with van der Waals surface area (Å²) in [5.41, 5.74) is 12.2. The normalized spacial score (nSPS) is 14.0. The maximum atomic E-state index is 7.31. The molecule has 0 spiro atoms. The van der Waals surface area contributed by atoms with Gasteiger partial charge in [0.25, 0.3) is 0 Å². The summed E-state index contributed by atoms with van der Waals surface area (Å²) in [6, 6.07) is 48.1. The largest absolute Gasteiger partial charge is 3.00 e. The first-order valence-electron chi connectivity index (χ1n) is 22.0. The minimum absolute atomic E-state index is 0. The van der Waals surface area contributed by atoms with Crippen LogP contribution >= 0.6 is 0 Å². The van der Waals surface area contributed by atoms with E-state index in [0.29, 0.717) is 11.8 Å². The zero-order chi connectivity index (χ0) is 43.5. The maximum absolute atomic E-state index is 7.31. The molecule has 0 fully saturated rings. The van der Waals surface area contributed by atoms with Gasteiger partial charge < -0.3 is 14.0 Å². The fourth-order valence-corrected chi connectivity index (χ4v) is 7.91. The molecule has 10 rings (SSSR count). The molecule has 0 aliphatic carbocycles. The number of nitrogens with zero attached hydrogens (tertiary/aromatic N) is 2. The molecule has 0 unspecified atom stereocenters. The van der Waals surface area contributed by atoms with Crippen molar-refractivity contribution in [3.05, 3.63) is 168 Å². The SMILES string of the molecule is CC(C)c1cccc(C(C)C)c1-[n+]1c(-c2[c-]cc3c(c2)B2c4ccccc4Oc4cccc(c42)O3)[n-]c2ccccc21.[2H]C([2H])([2H])c1cbc(-c2[c-]cc(C([2H])([2H])[2H])cc2)cc1.[Ir+3]. The first kappa shape index (κ1) is 31.6. The van der Waals surface area contributed by atoms with E-state index in [-0.39, 0.29) is 37.9 Å². The summed E-state index contributed by atoms with van der Waals surface area (Å²) in [7, 11) is 0.